The van der Waals surface area contributed by atoms with E-state index in [-0.39, 0.29) is 6.04 Å². The van der Waals surface area contributed by atoms with Crippen LogP contribution in [0.25, 0.3) is 6.08 Å². The van der Waals surface area contributed by atoms with Crippen LogP contribution in [0.5, 0.6) is 0 Å². The fourth-order valence-corrected chi connectivity index (χ4v) is 3.27. The molecule has 0 bridgehead atoms. The zero-order chi connectivity index (χ0) is 18.5. The van der Waals surface area contributed by atoms with Crippen LogP contribution in [0.4, 0.5) is 5.69 Å². The van der Waals surface area contributed by atoms with Crippen molar-refractivity contribution >= 4 is 23.8 Å². The lowest BCUT2D eigenvalue weighted by Gasteiger charge is -2.24. The first-order valence-electron chi connectivity index (χ1n) is 9.03. The third-order valence-electron chi connectivity index (χ3n) is 4.68. The normalized spacial score (nSPS) is 16.5. The third-order valence-corrected chi connectivity index (χ3v) is 4.68. The highest BCUT2D eigenvalue weighted by atomic mass is 16.1. The van der Waals surface area contributed by atoms with Crippen molar-refractivity contribution in [2.45, 2.75) is 12.5 Å². The molecule has 1 unspecified atom stereocenters. The smallest absolute Gasteiger partial charge is 0.150 e. The average Bonchev–Trinajstić information content (AvgIpc) is 3.18. The topological polar surface area (TPSA) is 32.7 Å². The number of aldehydes is 1. The van der Waals surface area contributed by atoms with Crippen LogP contribution in [0.3, 0.4) is 0 Å². The number of carbonyl (C=O) groups is 1. The molecule has 3 heteroatoms. The molecule has 3 aromatic carbocycles. The summed E-state index contributed by atoms with van der Waals surface area (Å²) in [6.45, 7) is 0. The lowest BCUT2D eigenvalue weighted by atomic mass is 10.0. The van der Waals surface area contributed by atoms with E-state index >= 15 is 0 Å². The summed E-state index contributed by atoms with van der Waals surface area (Å²) < 4.78 is 0. The molecule has 0 radical (unpaired) electrons. The van der Waals surface area contributed by atoms with Crippen molar-refractivity contribution in [1.29, 1.82) is 0 Å². The maximum absolute atomic E-state index is 10.9. The number of hydrogen-bond donors (Lipinski definition) is 0. The van der Waals surface area contributed by atoms with Crippen LogP contribution >= 0.6 is 0 Å². The molecule has 1 aliphatic heterocycles. The third kappa shape index (κ3) is 3.87. The molecule has 4 rings (SSSR count). The predicted octanol–water partition coefficient (Wildman–Crippen LogP) is 5.52. The number of hydrazone groups is 1. The van der Waals surface area contributed by atoms with Crippen LogP contribution in [0.2, 0.25) is 0 Å². The van der Waals surface area contributed by atoms with Gasteiger partial charge >= 0.3 is 0 Å². The maximum atomic E-state index is 10.9. The number of rotatable bonds is 5. The minimum absolute atomic E-state index is 0.142. The molecule has 27 heavy (non-hydrogen) atoms. The van der Waals surface area contributed by atoms with Gasteiger partial charge in [-0.2, -0.15) is 5.10 Å². The molecule has 1 atom stereocenters. The highest BCUT2D eigenvalue weighted by Gasteiger charge is 2.28. The average molecular weight is 352 g/mol. The molecule has 1 heterocycles. The summed E-state index contributed by atoms with van der Waals surface area (Å²) in [4.78, 5) is 10.9. The van der Waals surface area contributed by atoms with Crippen molar-refractivity contribution in [3.63, 3.8) is 0 Å². The summed E-state index contributed by atoms with van der Waals surface area (Å²) in [5, 5.41) is 6.91. The van der Waals surface area contributed by atoms with Crippen LogP contribution in [0.15, 0.2) is 96.1 Å². The zero-order valence-electron chi connectivity index (χ0n) is 14.9. The Morgan fingerprint density at radius 2 is 1.44 bits per heavy atom. The molecule has 1 aliphatic rings. The monoisotopic (exact) mass is 352 g/mol. The van der Waals surface area contributed by atoms with Gasteiger partial charge in [-0.1, -0.05) is 66.7 Å². The fourth-order valence-electron chi connectivity index (χ4n) is 3.27. The molecular formula is C24H20N2O. The number of benzene rings is 3. The quantitative estimate of drug-likeness (QED) is 0.566. The first-order chi connectivity index (χ1) is 13.3. The number of anilines is 1. The highest BCUT2D eigenvalue weighted by molar-refractivity contribution is 6.01. The van der Waals surface area contributed by atoms with Crippen LogP contribution in [0.1, 0.15) is 33.9 Å². The number of hydrogen-bond acceptors (Lipinski definition) is 3. The molecule has 0 saturated heterocycles. The van der Waals surface area contributed by atoms with Gasteiger partial charge in [0, 0.05) is 12.0 Å². The Morgan fingerprint density at radius 1 is 0.778 bits per heavy atom. The second kappa shape index (κ2) is 7.83. The first kappa shape index (κ1) is 17.0. The summed E-state index contributed by atoms with van der Waals surface area (Å²) >= 11 is 0. The van der Waals surface area contributed by atoms with E-state index in [0.29, 0.717) is 5.56 Å². The fraction of sp³-hybridized carbons (Fsp3) is 0.0833. The molecule has 0 spiro atoms. The second-order valence-electron chi connectivity index (χ2n) is 6.52. The van der Waals surface area contributed by atoms with Crippen molar-refractivity contribution in [3.05, 3.63) is 108 Å². The summed E-state index contributed by atoms with van der Waals surface area (Å²) in [7, 11) is 0. The van der Waals surface area contributed by atoms with E-state index in [2.05, 4.69) is 53.6 Å². The number of carbonyl (C=O) groups excluding carboxylic acids is 1. The molecule has 0 aliphatic carbocycles. The second-order valence-corrected chi connectivity index (χ2v) is 6.52. The molecule has 0 N–H and O–H groups in total. The van der Waals surface area contributed by atoms with E-state index < -0.39 is 0 Å². The lowest BCUT2D eigenvalue weighted by molar-refractivity contribution is 0.112. The summed E-state index contributed by atoms with van der Waals surface area (Å²) in [6.07, 6.45) is 5.88. The summed E-state index contributed by atoms with van der Waals surface area (Å²) in [6, 6.07) is 28.4. The van der Waals surface area contributed by atoms with Crippen molar-refractivity contribution in [2.24, 2.45) is 5.10 Å². The Labute approximate surface area is 159 Å². The summed E-state index contributed by atoms with van der Waals surface area (Å²) in [5.74, 6) is 0. The molecule has 0 amide bonds. The predicted molar refractivity (Wildman–Crippen MR) is 111 cm³/mol. The minimum Gasteiger partial charge on any atom is -0.298 e. The van der Waals surface area contributed by atoms with Gasteiger partial charge < -0.3 is 0 Å². The Balaban J connectivity index is 1.65. The molecule has 0 fully saturated rings. The van der Waals surface area contributed by atoms with Crippen LogP contribution in [-0.4, -0.2) is 12.0 Å². The summed E-state index contributed by atoms with van der Waals surface area (Å²) in [5.41, 5.74) is 5.07. The molecule has 0 saturated carbocycles. The van der Waals surface area contributed by atoms with E-state index in [0.717, 1.165) is 29.7 Å². The zero-order valence-corrected chi connectivity index (χ0v) is 14.9. The maximum Gasteiger partial charge on any atom is 0.150 e. The van der Waals surface area contributed by atoms with Crippen molar-refractivity contribution in [3.8, 4) is 0 Å². The Morgan fingerprint density at radius 3 is 2.11 bits per heavy atom. The highest BCUT2D eigenvalue weighted by Crippen LogP contribution is 2.35. The number of nitrogens with zero attached hydrogens (tertiary/aromatic N) is 2. The molecule has 0 aromatic heterocycles. The Kier molecular flexibility index (Phi) is 4.93. The molecule has 132 valence electrons. The van der Waals surface area contributed by atoms with Crippen molar-refractivity contribution in [1.82, 2.24) is 0 Å². The van der Waals surface area contributed by atoms with E-state index in [1.54, 1.807) is 0 Å². The van der Waals surface area contributed by atoms with Gasteiger partial charge in [0.1, 0.15) is 6.29 Å². The molecule has 3 aromatic rings. The van der Waals surface area contributed by atoms with E-state index in [4.69, 9.17) is 5.10 Å². The van der Waals surface area contributed by atoms with Crippen LogP contribution < -0.4 is 5.01 Å². The van der Waals surface area contributed by atoms with Crippen molar-refractivity contribution < 1.29 is 4.79 Å². The lowest BCUT2D eigenvalue weighted by Crippen LogP contribution is -2.18. The van der Waals surface area contributed by atoms with Gasteiger partial charge in [0.2, 0.25) is 0 Å². The van der Waals surface area contributed by atoms with Crippen LogP contribution in [-0.2, 0) is 0 Å². The van der Waals surface area contributed by atoms with E-state index in [9.17, 15) is 4.79 Å². The van der Waals surface area contributed by atoms with Gasteiger partial charge in [0.15, 0.2) is 0 Å². The van der Waals surface area contributed by atoms with E-state index in [1.807, 2.05) is 48.5 Å². The first-order valence-corrected chi connectivity index (χ1v) is 9.03. The van der Waals surface area contributed by atoms with Gasteiger partial charge in [-0.3, -0.25) is 9.80 Å². The van der Waals surface area contributed by atoms with Crippen LogP contribution in [0, 0.1) is 0 Å². The standard InChI is InChI=1S/C24H20N2O/c27-18-20-12-15-23(16-13-20)26-24(21-9-5-2-6-10-21)17-22(25-26)14-11-19-7-3-1-4-8-19/h1-16,18,24H,17H2/b14-11+. The van der Waals surface area contributed by atoms with Gasteiger partial charge in [0.05, 0.1) is 17.4 Å². The molecule has 3 nitrogen and oxygen atoms in total. The van der Waals surface area contributed by atoms with Gasteiger partial charge in [-0.15, -0.1) is 0 Å². The van der Waals surface area contributed by atoms with Crippen molar-refractivity contribution in [2.75, 3.05) is 5.01 Å². The SMILES string of the molecule is O=Cc1ccc(N2N=C(/C=C/c3ccccc3)CC2c2ccccc2)cc1. The molecular weight excluding hydrogens is 332 g/mol. The van der Waals surface area contributed by atoms with Gasteiger partial charge in [-0.25, -0.2) is 0 Å². The Hall–Kier alpha value is -3.46. The Bertz CT molecular complexity index is 960. The largest absolute Gasteiger partial charge is 0.298 e. The van der Waals surface area contributed by atoms with E-state index in [1.165, 1.54) is 5.56 Å². The van der Waals surface area contributed by atoms with Gasteiger partial charge in [0.25, 0.3) is 0 Å². The van der Waals surface area contributed by atoms with Gasteiger partial charge in [-0.05, 0) is 41.5 Å². The minimum atomic E-state index is 0.142. The number of allylic oxidation sites excluding steroid dienone is 1.